The third-order valence-electron chi connectivity index (χ3n) is 3.75. The molecule has 2 aromatic carbocycles. The Morgan fingerprint density at radius 1 is 1.04 bits per heavy atom. The van der Waals surface area contributed by atoms with Crippen molar-refractivity contribution in [3.8, 4) is 0 Å². The van der Waals surface area contributed by atoms with E-state index in [1.807, 2.05) is 24.3 Å². The largest absolute Gasteiger partial charge is 0.383 e. The quantitative estimate of drug-likeness (QED) is 0.539. The Hall–Kier alpha value is -2.42. The number of benzene rings is 2. The van der Waals surface area contributed by atoms with Crippen LogP contribution in [0.5, 0.6) is 0 Å². The summed E-state index contributed by atoms with van der Waals surface area (Å²) in [4.78, 5) is 12.5. The summed E-state index contributed by atoms with van der Waals surface area (Å²) in [7, 11) is -1.80. The number of hydrogen-bond acceptors (Lipinski definition) is 5. The van der Waals surface area contributed by atoms with E-state index < -0.39 is 10.0 Å². The highest BCUT2D eigenvalue weighted by Crippen LogP contribution is 2.18. The second kappa shape index (κ2) is 10.1. The van der Waals surface area contributed by atoms with E-state index >= 15 is 0 Å². The van der Waals surface area contributed by atoms with Gasteiger partial charge in [-0.2, -0.15) is 0 Å². The van der Waals surface area contributed by atoms with Crippen LogP contribution in [-0.4, -0.2) is 47.4 Å². The standard InChI is InChI=1S/C19H25N3O4S/c1-26-14-13-20-12-11-15-7-9-16(10-8-15)21-19(23)17-5-3-4-6-18(17)22-27(2,24)25/h3-10,20,22H,11-14H2,1-2H3,(H,21,23). The number of anilines is 2. The number of carbonyl (C=O) groups excluding carboxylic acids is 1. The summed E-state index contributed by atoms with van der Waals surface area (Å²) in [6, 6.07) is 14.0. The summed E-state index contributed by atoms with van der Waals surface area (Å²) in [5, 5.41) is 6.07. The summed E-state index contributed by atoms with van der Waals surface area (Å²) in [5.41, 5.74) is 2.30. The lowest BCUT2D eigenvalue weighted by Gasteiger charge is -2.11. The van der Waals surface area contributed by atoms with E-state index in [0.717, 1.165) is 31.3 Å². The van der Waals surface area contributed by atoms with Gasteiger partial charge in [0.15, 0.2) is 0 Å². The fraction of sp³-hybridized carbons (Fsp3) is 0.316. The molecule has 0 saturated heterocycles. The number of para-hydroxylation sites is 1. The van der Waals surface area contributed by atoms with Crippen molar-refractivity contribution in [1.82, 2.24) is 5.32 Å². The molecule has 0 fully saturated rings. The lowest BCUT2D eigenvalue weighted by molar-refractivity contribution is 0.102. The molecule has 0 aromatic heterocycles. The van der Waals surface area contributed by atoms with E-state index in [9.17, 15) is 13.2 Å². The summed E-state index contributed by atoms with van der Waals surface area (Å²) in [6.07, 6.45) is 1.92. The molecule has 0 aliphatic heterocycles. The summed E-state index contributed by atoms with van der Waals surface area (Å²) in [5.74, 6) is -0.379. The molecule has 2 aromatic rings. The molecule has 0 bridgehead atoms. The zero-order valence-electron chi connectivity index (χ0n) is 15.5. The second-order valence-electron chi connectivity index (χ2n) is 6.06. The van der Waals surface area contributed by atoms with Gasteiger partial charge in [0, 0.05) is 19.3 Å². The molecule has 2 rings (SSSR count). The summed E-state index contributed by atoms with van der Waals surface area (Å²) < 4.78 is 30.3. The van der Waals surface area contributed by atoms with Crippen molar-refractivity contribution in [3.63, 3.8) is 0 Å². The Morgan fingerprint density at radius 3 is 2.41 bits per heavy atom. The minimum atomic E-state index is -3.47. The van der Waals surface area contributed by atoms with Crippen LogP contribution in [0.1, 0.15) is 15.9 Å². The zero-order chi connectivity index (χ0) is 19.7. The van der Waals surface area contributed by atoms with Crippen molar-refractivity contribution in [1.29, 1.82) is 0 Å². The first-order chi connectivity index (χ1) is 12.9. The fourth-order valence-electron chi connectivity index (χ4n) is 2.45. The van der Waals surface area contributed by atoms with E-state index in [0.29, 0.717) is 12.3 Å². The number of hydrogen-bond donors (Lipinski definition) is 3. The number of ether oxygens (including phenoxy) is 1. The van der Waals surface area contributed by atoms with Crippen LogP contribution in [-0.2, 0) is 21.2 Å². The monoisotopic (exact) mass is 391 g/mol. The van der Waals surface area contributed by atoms with Gasteiger partial charge in [0.05, 0.1) is 24.1 Å². The molecule has 146 valence electrons. The van der Waals surface area contributed by atoms with Gasteiger partial charge in [-0.1, -0.05) is 24.3 Å². The van der Waals surface area contributed by atoms with Gasteiger partial charge in [-0.25, -0.2) is 8.42 Å². The van der Waals surface area contributed by atoms with Crippen molar-refractivity contribution >= 4 is 27.3 Å². The lowest BCUT2D eigenvalue weighted by atomic mass is 10.1. The maximum absolute atomic E-state index is 12.5. The Morgan fingerprint density at radius 2 is 1.74 bits per heavy atom. The molecule has 0 saturated carbocycles. The van der Waals surface area contributed by atoms with Crippen LogP contribution in [0.4, 0.5) is 11.4 Å². The summed E-state index contributed by atoms with van der Waals surface area (Å²) in [6.45, 7) is 2.34. The molecule has 3 N–H and O–H groups in total. The highest BCUT2D eigenvalue weighted by Gasteiger charge is 2.13. The van der Waals surface area contributed by atoms with Gasteiger partial charge in [0.25, 0.3) is 5.91 Å². The third-order valence-corrected chi connectivity index (χ3v) is 4.34. The van der Waals surface area contributed by atoms with Gasteiger partial charge in [-0.3, -0.25) is 9.52 Å². The average Bonchev–Trinajstić information content (AvgIpc) is 2.62. The highest BCUT2D eigenvalue weighted by atomic mass is 32.2. The van der Waals surface area contributed by atoms with Crippen LogP contribution in [0.2, 0.25) is 0 Å². The third kappa shape index (κ3) is 7.38. The molecule has 0 radical (unpaired) electrons. The Balaban J connectivity index is 1.96. The minimum absolute atomic E-state index is 0.247. The van der Waals surface area contributed by atoms with Gasteiger partial charge in [0.2, 0.25) is 10.0 Å². The lowest BCUT2D eigenvalue weighted by Crippen LogP contribution is -2.21. The van der Waals surface area contributed by atoms with E-state index in [2.05, 4.69) is 15.4 Å². The zero-order valence-corrected chi connectivity index (χ0v) is 16.3. The Labute approximate surface area is 160 Å². The van der Waals surface area contributed by atoms with Gasteiger partial charge < -0.3 is 15.4 Å². The van der Waals surface area contributed by atoms with Crippen LogP contribution >= 0.6 is 0 Å². The molecule has 0 heterocycles. The van der Waals surface area contributed by atoms with Crippen LogP contribution in [0.3, 0.4) is 0 Å². The van der Waals surface area contributed by atoms with Crippen molar-refractivity contribution in [2.45, 2.75) is 6.42 Å². The predicted molar refractivity (Wildman–Crippen MR) is 108 cm³/mol. The summed E-state index contributed by atoms with van der Waals surface area (Å²) >= 11 is 0. The van der Waals surface area contributed by atoms with Gasteiger partial charge in [-0.15, -0.1) is 0 Å². The fourth-order valence-corrected chi connectivity index (χ4v) is 3.03. The van der Waals surface area contributed by atoms with Gasteiger partial charge in [0.1, 0.15) is 0 Å². The molecule has 0 unspecified atom stereocenters. The average molecular weight is 391 g/mol. The molecule has 1 amide bonds. The van der Waals surface area contributed by atoms with Crippen molar-refractivity contribution in [2.75, 3.05) is 43.1 Å². The number of nitrogens with one attached hydrogen (secondary N) is 3. The first-order valence-corrected chi connectivity index (χ1v) is 10.4. The highest BCUT2D eigenvalue weighted by molar-refractivity contribution is 7.92. The molecule has 7 nitrogen and oxygen atoms in total. The van der Waals surface area contributed by atoms with Gasteiger partial charge in [-0.05, 0) is 42.8 Å². The SMILES string of the molecule is COCCNCCc1ccc(NC(=O)c2ccccc2NS(C)(=O)=O)cc1. The number of amides is 1. The maximum Gasteiger partial charge on any atom is 0.257 e. The molecule has 0 aliphatic carbocycles. The predicted octanol–water partition coefficient (Wildman–Crippen LogP) is 2.09. The number of sulfonamides is 1. The van der Waals surface area contributed by atoms with Crippen molar-refractivity contribution in [2.24, 2.45) is 0 Å². The number of rotatable bonds is 10. The van der Waals surface area contributed by atoms with Gasteiger partial charge >= 0.3 is 0 Å². The maximum atomic E-state index is 12.5. The second-order valence-corrected chi connectivity index (χ2v) is 7.81. The molecule has 27 heavy (non-hydrogen) atoms. The molecule has 0 atom stereocenters. The van der Waals surface area contributed by atoms with E-state index in [1.165, 1.54) is 0 Å². The topological polar surface area (TPSA) is 96.5 Å². The normalized spacial score (nSPS) is 11.2. The Bertz CT molecular complexity index is 852. The van der Waals surface area contributed by atoms with E-state index in [1.54, 1.807) is 31.4 Å². The first-order valence-electron chi connectivity index (χ1n) is 8.56. The van der Waals surface area contributed by atoms with Crippen molar-refractivity contribution < 1.29 is 17.9 Å². The molecular weight excluding hydrogens is 366 g/mol. The smallest absolute Gasteiger partial charge is 0.257 e. The van der Waals surface area contributed by atoms with E-state index in [-0.39, 0.29) is 17.2 Å². The number of methoxy groups -OCH3 is 1. The van der Waals surface area contributed by atoms with E-state index in [4.69, 9.17) is 4.74 Å². The molecule has 8 heteroatoms. The van der Waals surface area contributed by atoms with Crippen LogP contribution in [0.15, 0.2) is 48.5 Å². The van der Waals surface area contributed by atoms with Crippen molar-refractivity contribution in [3.05, 3.63) is 59.7 Å². The molecular formula is C19H25N3O4S. The van der Waals surface area contributed by atoms with Crippen LogP contribution in [0.25, 0.3) is 0 Å². The molecule has 0 aliphatic rings. The Kier molecular flexibility index (Phi) is 7.78. The number of carbonyl (C=O) groups is 1. The first kappa shape index (κ1) is 20.9. The minimum Gasteiger partial charge on any atom is -0.383 e. The molecule has 0 spiro atoms. The van der Waals surface area contributed by atoms with Crippen LogP contribution in [0, 0.1) is 0 Å². The van der Waals surface area contributed by atoms with Crippen LogP contribution < -0.4 is 15.4 Å².